The van der Waals surface area contributed by atoms with Crippen LogP contribution >= 0.6 is 0 Å². The molecule has 1 heterocycles. The first-order valence-electron chi connectivity index (χ1n) is 6.62. The van der Waals surface area contributed by atoms with Crippen molar-refractivity contribution in [3.05, 3.63) is 29.8 Å². The number of hydrogen-bond acceptors (Lipinski definition) is 2. The predicted molar refractivity (Wildman–Crippen MR) is 70.2 cm³/mol. The molecule has 2 unspecified atom stereocenters. The van der Waals surface area contributed by atoms with Crippen LogP contribution in [-0.4, -0.2) is 18.6 Å². The van der Waals surface area contributed by atoms with E-state index in [1.165, 1.54) is 25.0 Å². The van der Waals surface area contributed by atoms with Gasteiger partial charge in [0.25, 0.3) is 0 Å². The number of benzene rings is 1. The van der Waals surface area contributed by atoms with Crippen LogP contribution in [0, 0.1) is 0 Å². The highest BCUT2D eigenvalue weighted by atomic mass is 19.4. The maximum Gasteiger partial charge on any atom is 0.416 e. The van der Waals surface area contributed by atoms with E-state index in [9.17, 15) is 13.2 Å². The van der Waals surface area contributed by atoms with E-state index in [1.54, 1.807) is 0 Å². The molecule has 0 aromatic heterocycles. The van der Waals surface area contributed by atoms with Crippen LogP contribution in [0.3, 0.4) is 0 Å². The molecule has 2 atom stereocenters. The summed E-state index contributed by atoms with van der Waals surface area (Å²) in [6.07, 6.45) is -0.893. The lowest BCUT2D eigenvalue weighted by Crippen LogP contribution is -2.29. The van der Waals surface area contributed by atoms with Gasteiger partial charge in [-0.1, -0.05) is 0 Å². The number of halogens is 3. The number of hydrogen-bond donors (Lipinski definition) is 2. The molecule has 1 aliphatic rings. The molecule has 0 saturated carbocycles. The highest BCUT2D eigenvalue weighted by Gasteiger charge is 2.30. The van der Waals surface area contributed by atoms with Gasteiger partial charge in [-0.2, -0.15) is 13.2 Å². The second-order valence-corrected chi connectivity index (χ2v) is 5.15. The minimum atomic E-state index is -4.27. The standard InChI is InChI=1S/C14H19F3N2/c1-10(9-13-3-2-8-18-13)19-12-6-4-11(5-7-12)14(15,16)17/h4-7,10,13,18-19H,2-3,8-9H2,1H3. The maximum absolute atomic E-state index is 12.4. The third-order valence-corrected chi connectivity index (χ3v) is 3.43. The Morgan fingerprint density at radius 3 is 2.53 bits per heavy atom. The second kappa shape index (κ2) is 5.82. The molecule has 106 valence electrons. The van der Waals surface area contributed by atoms with Gasteiger partial charge < -0.3 is 10.6 Å². The molecule has 0 bridgehead atoms. The van der Waals surface area contributed by atoms with E-state index < -0.39 is 11.7 Å². The van der Waals surface area contributed by atoms with Crippen LogP contribution in [0.15, 0.2) is 24.3 Å². The van der Waals surface area contributed by atoms with Gasteiger partial charge in [-0.05, 0) is 57.0 Å². The van der Waals surface area contributed by atoms with Gasteiger partial charge in [0.05, 0.1) is 5.56 Å². The lowest BCUT2D eigenvalue weighted by atomic mass is 10.1. The van der Waals surface area contributed by atoms with E-state index in [0.29, 0.717) is 6.04 Å². The summed E-state index contributed by atoms with van der Waals surface area (Å²) in [6, 6.07) is 5.97. The van der Waals surface area contributed by atoms with Gasteiger partial charge >= 0.3 is 6.18 Å². The summed E-state index contributed by atoms with van der Waals surface area (Å²) in [6.45, 7) is 3.12. The molecule has 5 heteroatoms. The van der Waals surface area contributed by atoms with Crippen LogP contribution in [0.1, 0.15) is 31.7 Å². The van der Waals surface area contributed by atoms with Gasteiger partial charge in [0.1, 0.15) is 0 Å². The van der Waals surface area contributed by atoms with Crippen LogP contribution in [0.4, 0.5) is 18.9 Å². The van der Waals surface area contributed by atoms with Crippen LogP contribution in [0.2, 0.25) is 0 Å². The average Bonchev–Trinajstić information content (AvgIpc) is 2.81. The van der Waals surface area contributed by atoms with Crippen molar-refractivity contribution < 1.29 is 13.2 Å². The van der Waals surface area contributed by atoms with Crippen LogP contribution in [0.25, 0.3) is 0 Å². The Hall–Kier alpha value is -1.23. The summed E-state index contributed by atoms with van der Waals surface area (Å²) in [5.41, 5.74) is 0.127. The van der Waals surface area contributed by atoms with Crippen molar-refractivity contribution in [2.75, 3.05) is 11.9 Å². The lowest BCUT2D eigenvalue weighted by molar-refractivity contribution is -0.137. The molecular weight excluding hydrogens is 253 g/mol. The maximum atomic E-state index is 12.4. The van der Waals surface area contributed by atoms with E-state index in [-0.39, 0.29) is 6.04 Å². The zero-order valence-electron chi connectivity index (χ0n) is 10.9. The van der Waals surface area contributed by atoms with E-state index in [4.69, 9.17) is 0 Å². The van der Waals surface area contributed by atoms with Crippen molar-refractivity contribution >= 4 is 5.69 Å². The highest BCUT2D eigenvalue weighted by Crippen LogP contribution is 2.30. The van der Waals surface area contributed by atoms with Gasteiger partial charge in [0.15, 0.2) is 0 Å². The summed E-state index contributed by atoms with van der Waals surface area (Å²) in [5.74, 6) is 0. The highest BCUT2D eigenvalue weighted by molar-refractivity contribution is 5.45. The van der Waals surface area contributed by atoms with Crippen LogP contribution < -0.4 is 10.6 Å². The molecule has 0 radical (unpaired) electrons. The third-order valence-electron chi connectivity index (χ3n) is 3.43. The summed E-state index contributed by atoms with van der Waals surface area (Å²) >= 11 is 0. The van der Waals surface area contributed by atoms with Crippen LogP contribution in [0.5, 0.6) is 0 Å². The quantitative estimate of drug-likeness (QED) is 0.874. The first kappa shape index (κ1) is 14.2. The average molecular weight is 272 g/mol. The lowest BCUT2D eigenvalue weighted by Gasteiger charge is -2.19. The minimum absolute atomic E-state index is 0.243. The summed E-state index contributed by atoms with van der Waals surface area (Å²) in [7, 11) is 0. The minimum Gasteiger partial charge on any atom is -0.383 e. The van der Waals surface area contributed by atoms with Crippen molar-refractivity contribution in [1.29, 1.82) is 0 Å². The van der Waals surface area contributed by atoms with Gasteiger partial charge in [0, 0.05) is 17.8 Å². The fourth-order valence-corrected chi connectivity index (χ4v) is 2.48. The fourth-order valence-electron chi connectivity index (χ4n) is 2.48. The molecule has 1 aliphatic heterocycles. The first-order chi connectivity index (χ1) is 8.95. The summed E-state index contributed by atoms with van der Waals surface area (Å²) in [4.78, 5) is 0. The van der Waals surface area contributed by atoms with E-state index in [2.05, 4.69) is 17.6 Å². The molecular formula is C14H19F3N2. The molecule has 1 saturated heterocycles. The van der Waals surface area contributed by atoms with Crippen molar-refractivity contribution in [3.63, 3.8) is 0 Å². The summed E-state index contributed by atoms with van der Waals surface area (Å²) < 4.78 is 37.3. The molecule has 2 nitrogen and oxygen atoms in total. The van der Waals surface area contributed by atoms with Gasteiger partial charge in [-0.25, -0.2) is 0 Å². The predicted octanol–water partition coefficient (Wildman–Crippen LogP) is 3.65. The SMILES string of the molecule is CC(CC1CCCN1)Nc1ccc(C(F)(F)F)cc1. The van der Waals surface area contributed by atoms with E-state index in [1.807, 2.05) is 0 Å². The number of nitrogens with one attached hydrogen (secondary N) is 2. The molecule has 1 aromatic rings. The van der Waals surface area contributed by atoms with Crippen LogP contribution in [-0.2, 0) is 6.18 Å². The van der Waals surface area contributed by atoms with Gasteiger partial charge in [-0.3, -0.25) is 0 Å². The Bertz CT molecular complexity index is 394. The zero-order chi connectivity index (χ0) is 13.9. The Kier molecular flexibility index (Phi) is 4.34. The molecule has 0 amide bonds. The number of anilines is 1. The first-order valence-corrected chi connectivity index (χ1v) is 6.62. The van der Waals surface area contributed by atoms with Gasteiger partial charge in [-0.15, -0.1) is 0 Å². The van der Waals surface area contributed by atoms with E-state index in [0.717, 1.165) is 30.8 Å². The Morgan fingerprint density at radius 2 is 2.00 bits per heavy atom. The molecule has 1 fully saturated rings. The van der Waals surface area contributed by atoms with Crippen molar-refractivity contribution in [2.45, 2.75) is 44.4 Å². The monoisotopic (exact) mass is 272 g/mol. The molecule has 1 aromatic carbocycles. The largest absolute Gasteiger partial charge is 0.416 e. The number of rotatable bonds is 4. The zero-order valence-corrected chi connectivity index (χ0v) is 10.9. The molecule has 2 rings (SSSR count). The molecule has 0 aliphatic carbocycles. The van der Waals surface area contributed by atoms with Crippen molar-refractivity contribution in [1.82, 2.24) is 5.32 Å². The fraction of sp³-hybridized carbons (Fsp3) is 0.571. The Morgan fingerprint density at radius 1 is 1.32 bits per heavy atom. The molecule has 19 heavy (non-hydrogen) atoms. The smallest absolute Gasteiger partial charge is 0.383 e. The Balaban J connectivity index is 1.88. The summed E-state index contributed by atoms with van der Waals surface area (Å²) in [5, 5.41) is 6.65. The normalized spacial score (nSPS) is 21.4. The molecule has 2 N–H and O–H groups in total. The second-order valence-electron chi connectivity index (χ2n) is 5.15. The van der Waals surface area contributed by atoms with E-state index >= 15 is 0 Å². The third kappa shape index (κ3) is 4.13. The number of alkyl halides is 3. The Labute approximate surface area is 111 Å². The molecule has 0 spiro atoms. The van der Waals surface area contributed by atoms with Crippen molar-refractivity contribution in [2.24, 2.45) is 0 Å². The topological polar surface area (TPSA) is 24.1 Å². The van der Waals surface area contributed by atoms with Crippen molar-refractivity contribution in [3.8, 4) is 0 Å². The van der Waals surface area contributed by atoms with Gasteiger partial charge in [0.2, 0.25) is 0 Å².